The van der Waals surface area contributed by atoms with Crippen molar-refractivity contribution in [3.8, 4) is 5.75 Å². The smallest absolute Gasteiger partial charge is 0.236 e. The van der Waals surface area contributed by atoms with Crippen LogP contribution >= 0.6 is 39.0 Å². The number of hydrogen-bond acceptors (Lipinski definition) is 7. The number of aromatic nitrogens is 4. The number of anilines is 1. The minimum absolute atomic E-state index is 0.129. The molecular weight excluding hydrogens is 498 g/mol. The highest BCUT2D eigenvalue weighted by atomic mass is 79.9. The fourth-order valence-electron chi connectivity index (χ4n) is 2.99. The number of thiazole rings is 1. The van der Waals surface area contributed by atoms with Gasteiger partial charge < -0.3 is 14.6 Å². The topological polar surface area (TPSA) is 81.9 Å². The molecule has 0 aliphatic carbocycles. The first-order valence-electron chi connectivity index (χ1n) is 9.67. The van der Waals surface area contributed by atoms with E-state index in [1.54, 1.807) is 0 Å². The maximum atomic E-state index is 12.4. The molecule has 0 aliphatic rings. The monoisotopic (exact) mass is 517 g/mol. The molecule has 0 saturated carbocycles. The number of benzene rings is 2. The Hall–Kier alpha value is -2.43. The Morgan fingerprint density at radius 1 is 1.23 bits per heavy atom. The molecule has 0 bridgehead atoms. The van der Waals surface area contributed by atoms with Crippen LogP contribution in [-0.2, 0) is 11.3 Å². The van der Waals surface area contributed by atoms with E-state index in [0.29, 0.717) is 16.8 Å². The Kier molecular flexibility index (Phi) is 6.89. The fourth-order valence-corrected chi connectivity index (χ4v) is 4.94. The van der Waals surface area contributed by atoms with E-state index in [2.05, 4.69) is 36.4 Å². The summed E-state index contributed by atoms with van der Waals surface area (Å²) < 4.78 is 10.0. The Bertz CT molecular complexity index is 1160. The molecule has 7 nitrogen and oxygen atoms in total. The van der Waals surface area contributed by atoms with Crippen LogP contribution in [0.2, 0.25) is 0 Å². The Balaban J connectivity index is 1.38. The van der Waals surface area contributed by atoms with Crippen LogP contribution in [0.5, 0.6) is 5.75 Å². The molecule has 2 heterocycles. The summed E-state index contributed by atoms with van der Waals surface area (Å²) >= 11 is 6.22. The van der Waals surface area contributed by atoms with Crippen molar-refractivity contribution in [3.63, 3.8) is 0 Å². The second-order valence-electron chi connectivity index (χ2n) is 6.62. The van der Waals surface area contributed by atoms with Gasteiger partial charge in [0.1, 0.15) is 5.75 Å². The summed E-state index contributed by atoms with van der Waals surface area (Å²) in [5.41, 5.74) is 0.880. The molecular formula is C21H20BrN5O2S2. The van der Waals surface area contributed by atoms with Crippen molar-refractivity contribution in [2.24, 2.45) is 0 Å². The van der Waals surface area contributed by atoms with Crippen molar-refractivity contribution in [1.82, 2.24) is 19.7 Å². The van der Waals surface area contributed by atoms with Gasteiger partial charge in [-0.05, 0) is 50.2 Å². The average molecular weight is 518 g/mol. The van der Waals surface area contributed by atoms with Crippen LogP contribution in [-0.4, -0.2) is 31.4 Å². The van der Waals surface area contributed by atoms with Crippen molar-refractivity contribution in [3.05, 3.63) is 58.8 Å². The number of para-hydroxylation sites is 1. The average Bonchev–Trinajstić information content (AvgIpc) is 3.36. The van der Waals surface area contributed by atoms with Crippen molar-refractivity contribution in [2.75, 3.05) is 11.1 Å². The SMILES string of the molecule is CCn1c(SCC(=O)Nc2nc3ccccc3s2)nnc1C(C)Oc1ccc(Br)cc1. The zero-order valence-electron chi connectivity index (χ0n) is 16.9. The number of carbonyl (C=O) groups is 1. The molecule has 31 heavy (non-hydrogen) atoms. The van der Waals surface area contributed by atoms with Crippen LogP contribution < -0.4 is 10.1 Å². The Morgan fingerprint density at radius 2 is 2.00 bits per heavy atom. The second kappa shape index (κ2) is 9.80. The third-order valence-electron chi connectivity index (χ3n) is 4.42. The van der Waals surface area contributed by atoms with Gasteiger partial charge in [-0.25, -0.2) is 4.98 Å². The molecule has 0 spiro atoms. The largest absolute Gasteiger partial charge is 0.483 e. The van der Waals surface area contributed by atoms with Gasteiger partial charge in [-0.15, -0.1) is 10.2 Å². The minimum Gasteiger partial charge on any atom is -0.483 e. The number of thioether (sulfide) groups is 1. The maximum Gasteiger partial charge on any atom is 0.236 e. The molecule has 4 aromatic rings. The van der Waals surface area contributed by atoms with Crippen molar-refractivity contribution in [1.29, 1.82) is 0 Å². The number of rotatable bonds is 8. The van der Waals surface area contributed by atoms with E-state index < -0.39 is 0 Å². The normalized spacial score (nSPS) is 12.1. The molecule has 0 radical (unpaired) electrons. The molecule has 4 rings (SSSR count). The summed E-state index contributed by atoms with van der Waals surface area (Å²) in [4.78, 5) is 16.9. The predicted octanol–water partition coefficient (Wildman–Crippen LogP) is 5.54. The zero-order chi connectivity index (χ0) is 21.8. The second-order valence-corrected chi connectivity index (χ2v) is 9.51. The van der Waals surface area contributed by atoms with Crippen molar-refractivity contribution in [2.45, 2.75) is 31.7 Å². The van der Waals surface area contributed by atoms with Gasteiger partial charge in [0.05, 0.1) is 16.0 Å². The molecule has 0 aliphatic heterocycles. The van der Waals surface area contributed by atoms with Gasteiger partial charge in [-0.2, -0.15) is 0 Å². The van der Waals surface area contributed by atoms with Crippen LogP contribution in [0.15, 0.2) is 58.2 Å². The molecule has 1 amide bonds. The van der Waals surface area contributed by atoms with E-state index in [1.807, 2.05) is 66.9 Å². The van der Waals surface area contributed by atoms with Crippen LogP contribution in [0.25, 0.3) is 10.2 Å². The molecule has 2 aromatic heterocycles. The Morgan fingerprint density at radius 3 is 2.74 bits per heavy atom. The lowest BCUT2D eigenvalue weighted by Crippen LogP contribution is -2.15. The molecule has 1 atom stereocenters. The van der Waals surface area contributed by atoms with E-state index in [-0.39, 0.29) is 17.8 Å². The van der Waals surface area contributed by atoms with E-state index >= 15 is 0 Å². The van der Waals surface area contributed by atoms with Crippen molar-refractivity contribution >= 4 is 60.3 Å². The lowest BCUT2D eigenvalue weighted by Gasteiger charge is -2.15. The number of halogens is 1. The number of fused-ring (bicyclic) bond motifs is 1. The van der Waals surface area contributed by atoms with E-state index in [4.69, 9.17) is 4.74 Å². The first-order chi connectivity index (χ1) is 15.0. The van der Waals surface area contributed by atoms with Gasteiger partial charge in [-0.3, -0.25) is 4.79 Å². The number of carbonyl (C=O) groups excluding carboxylic acids is 1. The van der Waals surface area contributed by atoms with Crippen LogP contribution in [0.4, 0.5) is 5.13 Å². The molecule has 0 saturated heterocycles. The summed E-state index contributed by atoms with van der Waals surface area (Å²) in [6, 6.07) is 15.5. The molecule has 1 N–H and O–H groups in total. The standard InChI is InChI=1S/C21H20BrN5O2S2/c1-3-27-19(13(2)29-15-10-8-14(22)9-11-15)25-26-21(27)30-12-18(28)24-20-23-16-6-4-5-7-17(16)31-20/h4-11,13H,3,12H2,1-2H3,(H,23,24,28). The van der Waals surface area contributed by atoms with Gasteiger partial charge >= 0.3 is 0 Å². The van der Waals surface area contributed by atoms with E-state index in [9.17, 15) is 4.79 Å². The quantitative estimate of drug-likeness (QED) is 0.309. The first-order valence-corrected chi connectivity index (χ1v) is 12.3. The minimum atomic E-state index is -0.278. The van der Waals surface area contributed by atoms with E-state index in [0.717, 1.165) is 26.3 Å². The number of ether oxygens (including phenoxy) is 1. The summed E-state index contributed by atoms with van der Waals surface area (Å²) in [7, 11) is 0. The zero-order valence-corrected chi connectivity index (χ0v) is 20.1. The summed E-state index contributed by atoms with van der Waals surface area (Å²) in [6.45, 7) is 4.63. The molecule has 1 unspecified atom stereocenters. The summed E-state index contributed by atoms with van der Waals surface area (Å²) in [6.07, 6.45) is -0.278. The van der Waals surface area contributed by atoms with Crippen LogP contribution in [0, 0.1) is 0 Å². The Labute approximate surface area is 196 Å². The highest BCUT2D eigenvalue weighted by Gasteiger charge is 2.19. The number of amides is 1. The van der Waals surface area contributed by atoms with E-state index in [1.165, 1.54) is 23.1 Å². The molecule has 2 aromatic carbocycles. The molecule has 160 valence electrons. The number of nitrogens with zero attached hydrogens (tertiary/aromatic N) is 4. The van der Waals surface area contributed by atoms with Gasteiger partial charge in [0.25, 0.3) is 0 Å². The van der Waals surface area contributed by atoms with Gasteiger partial charge in [-0.1, -0.05) is 51.2 Å². The highest BCUT2D eigenvalue weighted by Crippen LogP contribution is 2.27. The van der Waals surface area contributed by atoms with Crippen LogP contribution in [0.1, 0.15) is 25.8 Å². The summed E-state index contributed by atoms with van der Waals surface area (Å²) in [5, 5.41) is 12.7. The maximum absolute atomic E-state index is 12.4. The molecule has 10 heteroatoms. The molecule has 0 fully saturated rings. The lowest BCUT2D eigenvalue weighted by molar-refractivity contribution is -0.113. The third kappa shape index (κ3) is 5.25. The van der Waals surface area contributed by atoms with Crippen LogP contribution in [0.3, 0.4) is 0 Å². The predicted molar refractivity (Wildman–Crippen MR) is 128 cm³/mol. The van der Waals surface area contributed by atoms with Gasteiger partial charge in [0, 0.05) is 11.0 Å². The van der Waals surface area contributed by atoms with Gasteiger partial charge in [0.15, 0.2) is 22.2 Å². The highest BCUT2D eigenvalue weighted by molar-refractivity contribution is 9.10. The third-order valence-corrected chi connectivity index (χ3v) is 6.87. The fraction of sp³-hybridized carbons (Fsp3) is 0.238. The number of nitrogens with one attached hydrogen (secondary N) is 1. The summed E-state index contributed by atoms with van der Waals surface area (Å²) in [5.74, 6) is 1.57. The first kappa shape index (κ1) is 21.8. The van der Waals surface area contributed by atoms with Crippen molar-refractivity contribution < 1.29 is 9.53 Å². The lowest BCUT2D eigenvalue weighted by atomic mass is 10.3. The van der Waals surface area contributed by atoms with Gasteiger partial charge in [0.2, 0.25) is 5.91 Å². The number of hydrogen-bond donors (Lipinski definition) is 1.